The Morgan fingerprint density at radius 2 is 1.39 bits per heavy atom. The molecule has 2 atom stereocenters. The molecule has 0 rings (SSSR count). The van der Waals surface area contributed by atoms with E-state index in [1.807, 2.05) is 48.5 Å². The average molecular weight is 256 g/mol. The van der Waals surface area contributed by atoms with Crippen molar-refractivity contribution in [3.63, 3.8) is 0 Å². The van der Waals surface area contributed by atoms with Crippen LogP contribution in [0, 0.1) is 11.8 Å². The summed E-state index contributed by atoms with van der Waals surface area (Å²) in [6.07, 6.45) is 0. The Hall–Kier alpha value is -0.900. The topological polar surface area (TPSA) is 58.2 Å². The molecule has 0 radical (unpaired) electrons. The van der Waals surface area contributed by atoms with Gasteiger partial charge in [-0.25, -0.2) is 0 Å². The van der Waals surface area contributed by atoms with E-state index < -0.39 is 6.04 Å². The van der Waals surface area contributed by atoms with Crippen LogP contribution < -0.4 is 10.6 Å². The molecular formula is C14H28N2O2. The van der Waals surface area contributed by atoms with E-state index in [-0.39, 0.29) is 35.6 Å². The Morgan fingerprint density at radius 3 is 1.72 bits per heavy atom. The van der Waals surface area contributed by atoms with Gasteiger partial charge in [0.2, 0.25) is 5.91 Å². The van der Waals surface area contributed by atoms with Crippen molar-refractivity contribution in [3.05, 3.63) is 0 Å². The minimum absolute atomic E-state index is 0.0638. The second kappa shape index (κ2) is 7.52. The lowest BCUT2D eigenvalue weighted by Crippen LogP contribution is -2.52. The number of ketones is 1. The number of Topliss-reactive ketones (excluding diaryl/α,β-unsaturated/α-hetero) is 1. The minimum Gasteiger partial charge on any atom is -0.345 e. The van der Waals surface area contributed by atoms with Gasteiger partial charge in [-0.1, -0.05) is 41.5 Å². The number of hydrogen-bond acceptors (Lipinski definition) is 3. The molecule has 0 saturated heterocycles. The molecule has 18 heavy (non-hydrogen) atoms. The fraction of sp³-hybridized carbons (Fsp3) is 0.857. The molecule has 0 aliphatic heterocycles. The maximum atomic E-state index is 12.0. The summed E-state index contributed by atoms with van der Waals surface area (Å²) in [4.78, 5) is 24.0. The molecule has 0 saturated carbocycles. The Morgan fingerprint density at radius 1 is 0.889 bits per heavy atom. The van der Waals surface area contributed by atoms with Crippen molar-refractivity contribution >= 4 is 11.7 Å². The Kier molecular flexibility index (Phi) is 7.14. The third-order valence-electron chi connectivity index (χ3n) is 2.82. The second-order valence-electron chi connectivity index (χ2n) is 5.83. The predicted molar refractivity (Wildman–Crippen MR) is 74.3 cm³/mol. The predicted octanol–water partition coefficient (Wildman–Crippen LogP) is 1.74. The summed E-state index contributed by atoms with van der Waals surface area (Å²) in [6.45, 7) is 13.4. The lowest BCUT2D eigenvalue weighted by atomic mass is 9.93. The van der Waals surface area contributed by atoms with Gasteiger partial charge in [-0.05, 0) is 12.8 Å². The van der Waals surface area contributed by atoms with Crippen LogP contribution in [-0.4, -0.2) is 29.8 Å². The van der Waals surface area contributed by atoms with E-state index >= 15 is 0 Å². The molecule has 4 heteroatoms. The van der Waals surface area contributed by atoms with Crippen molar-refractivity contribution in [1.82, 2.24) is 10.6 Å². The molecule has 0 aromatic rings. The molecule has 0 aliphatic carbocycles. The lowest BCUT2D eigenvalue weighted by molar-refractivity contribution is -0.131. The largest absolute Gasteiger partial charge is 0.345 e. The lowest BCUT2D eigenvalue weighted by Gasteiger charge is -2.25. The molecule has 0 aliphatic rings. The van der Waals surface area contributed by atoms with E-state index in [9.17, 15) is 9.59 Å². The highest BCUT2D eigenvalue weighted by Gasteiger charge is 2.27. The molecule has 0 spiro atoms. The van der Waals surface area contributed by atoms with E-state index in [0.29, 0.717) is 0 Å². The van der Waals surface area contributed by atoms with Crippen molar-refractivity contribution in [2.45, 2.75) is 66.6 Å². The third kappa shape index (κ3) is 5.63. The fourth-order valence-electron chi connectivity index (χ4n) is 1.78. The summed E-state index contributed by atoms with van der Waals surface area (Å²) < 4.78 is 0. The zero-order valence-corrected chi connectivity index (χ0v) is 12.7. The maximum absolute atomic E-state index is 12.0. The standard InChI is InChI=1S/C14H28N2O2/c1-8(2)12(13(17)9(3)4)16-14(18)11(7)15-10(5)6/h8-12,15H,1-7H3,(H,16,18)/t11-,12?/m0/s1. The van der Waals surface area contributed by atoms with Gasteiger partial charge >= 0.3 is 0 Å². The molecule has 1 amide bonds. The van der Waals surface area contributed by atoms with Crippen LogP contribution in [0.25, 0.3) is 0 Å². The highest BCUT2D eigenvalue weighted by Crippen LogP contribution is 2.09. The van der Waals surface area contributed by atoms with Crippen LogP contribution in [0.4, 0.5) is 0 Å². The molecule has 0 bridgehead atoms. The first kappa shape index (κ1) is 17.1. The fourth-order valence-corrected chi connectivity index (χ4v) is 1.78. The summed E-state index contributed by atoms with van der Waals surface area (Å²) in [7, 11) is 0. The quantitative estimate of drug-likeness (QED) is 0.729. The van der Waals surface area contributed by atoms with Crippen LogP contribution in [0.2, 0.25) is 0 Å². The van der Waals surface area contributed by atoms with Gasteiger partial charge in [-0.3, -0.25) is 9.59 Å². The molecule has 106 valence electrons. The minimum atomic E-state index is -0.395. The second-order valence-corrected chi connectivity index (χ2v) is 5.83. The van der Waals surface area contributed by atoms with Gasteiger partial charge in [0, 0.05) is 12.0 Å². The van der Waals surface area contributed by atoms with E-state index in [1.165, 1.54) is 0 Å². The first-order chi connectivity index (χ1) is 8.16. The highest BCUT2D eigenvalue weighted by molar-refractivity contribution is 5.91. The molecule has 0 aromatic heterocycles. The van der Waals surface area contributed by atoms with E-state index in [4.69, 9.17) is 0 Å². The number of nitrogens with one attached hydrogen (secondary N) is 2. The van der Waals surface area contributed by atoms with Crippen LogP contribution in [0.1, 0.15) is 48.5 Å². The van der Waals surface area contributed by atoms with Crippen molar-refractivity contribution in [2.24, 2.45) is 11.8 Å². The van der Waals surface area contributed by atoms with Gasteiger partial charge in [-0.2, -0.15) is 0 Å². The average Bonchev–Trinajstić information content (AvgIpc) is 2.22. The van der Waals surface area contributed by atoms with Gasteiger partial charge in [0.25, 0.3) is 0 Å². The Bertz CT molecular complexity index is 286. The van der Waals surface area contributed by atoms with Crippen LogP contribution >= 0.6 is 0 Å². The SMILES string of the molecule is CC(C)N[C@@H](C)C(=O)NC(C(=O)C(C)C)C(C)C. The molecule has 1 unspecified atom stereocenters. The highest BCUT2D eigenvalue weighted by atomic mass is 16.2. The van der Waals surface area contributed by atoms with Crippen molar-refractivity contribution < 1.29 is 9.59 Å². The molecule has 0 heterocycles. The Balaban J connectivity index is 4.60. The van der Waals surface area contributed by atoms with Gasteiger partial charge < -0.3 is 10.6 Å². The molecule has 0 aromatic carbocycles. The van der Waals surface area contributed by atoms with Crippen LogP contribution in [0.15, 0.2) is 0 Å². The van der Waals surface area contributed by atoms with Crippen LogP contribution in [0.3, 0.4) is 0 Å². The van der Waals surface area contributed by atoms with E-state index in [0.717, 1.165) is 0 Å². The monoisotopic (exact) mass is 256 g/mol. The number of carbonyl (C=O) groups excluding carboxylic acids is 2. The maximum Gasteiger partial charge on any atom is 0.237 e. The van der Waals surface area contributed by atoms with E-state index in [2.05, 4.69) is 10.6 Å². The molecule has 0 fully saturated rings. The summed E-state index contributed by atoms with van der Waals surface area (Å²) in [5.74, 6) is 0.0210. The van der Waals surface area contributed by atoms with Crippen molar-refractivity contribution in [1.29, 1.82) is 0 Å². The summed E-state index contributed by atoms with van der Waals surface area (Å²) in [6, 6.07) is -0.441. The summed E-state index contributed by atoms with van der Waals surface area (Å²) in [5, 5.41) is 5.98. The Labute approximate surface area is 111 Å². The number of amides is 1. The van der Waals surface area contributed by atoms with E-state index in [1.54, 1.807) is 0 Å². The summed E-state index contributed by atoms with van der Waals surface area (Å²) in [5.41, 5.74) is 0. The van der Waals surface area contributed by atoms with Gasteiger partial charge in [0.15, 0.2) is 5.78 Å². The zero-order chi connectivity index (χ0) is 14.5. The third-order valence-corrected chi connectivity index (χ3v) is 2.82. The number of hydrogen-bond donors (Lipinski definition) is 2. The normalized spacial score (nSPS) is 15.0. The van der Waals surface area contributed by atoms with Gasteiger partial charge in [0.05, 0.1) is 12.1 Å². The zero-order valence-electron chi connectivity index (χ0n) is 12.7. The smallest absolute Gasteiger partial charge is 0.237 e. The first-order valence-electron chi connectivity index (χ1n) is 6.77. The first-order valence-corrected chi connectivity index (χ1v) is 6.77. The molecular weight excluding hydrogens is 228 g/mol. The van der Waals surface area contributed by atoms with Crippen molar-refractivity contribution in [3.8, 4) is 0 Å². The number of rotatable bonds is 7. The molecule has 2 N–H and O–H groups in total. The van der Waals surface area contributed by atoms with Crippen molar-refractivity contribution in [2.75, 3.05) is 0 Å². The molecule has 4 nitrogen and oxygen atoms in total. The number of carbonyl (C=O) groups is 2. The van der Waals surface area contributed by atoms with Gasteiger partial charge in [0.1, 0.15) is 0 Å². The summed E-state index contributed by atoms with van der Waals surface area (Å²) >= 11 is 0. The van der Waals surface area contributed by atoms with Gasteiger partial charge in [-0.15, -0.1) is 0 Å². The van der Waals surface area contributed by atoms with Crippen LogP contribution in [-0.2, 0) is 9.59 Å². The van der Waals surface area contributed by atoms with Crippen LogP contribution in [0.5, 0.6) is 0 Å².